The Hall–Kier alpha value is -1.88. The Labute approximate surface area is 104 Å². The molecule has 0 spiro atoms. The Bertz CT molecular complexity index is 587. The van der Waals surface area contributed by atoms with E-state index in [1.807, 2.05) is 0 Å². The molecule has 18 heavy (non-hydrogen) atoms. The van der Waals surface area contributed by atoms with Crippen molar-refractivity contribution in [2.45, 2.75) is 12.5 Å². The first-order valence-corrected chi connectivity index (χ1v) is 6.03. The second-order valence-electron chi connectivity index (χ2n) is 4.55. The van der Waals surface area contributed by atoms with Gasteiger partial charge in [0, 0.05) is 23.5 Å². The zero-order valence-electron chi connectivity index (χ0n) is 9.79. The third kappa shape index (κ3) is 1.97. The van der Waals surface area contributed by atoms with Gasteiger partial charge in [-0.15, -0.1) is 0 Å². The number of hydrogen-bond acceptors (Lipinski definition) is 2. The maximum atomic E-state index is 13.5. The number of halogens is 1. The number of carbonyl (C=O) groups excluding carboxylic acids is 1. The van der Waals surface area contributed by atoms with Gasteiger partial charge in [0.05, 0.1) is 0 Å². The fraction of sp³-hybridized carbons (Fsp3) is 0.308. The third-order valence-electron chi connectivity index (χ3n) is 3.25. The van der Waals surface area contributed by atoms with Crippen molar-refractivity contribution in [2.24, 2.45) is 0 Å². The van der Waals surface area contributed by atoms with E-state index in [4.69, 9.17) is 0 Å². The normalized spacial score (nSPS) is 19.3. The van der Waals surface area contributed by atoms with Gasteiger partial charge in [-0.25, -0.2) is 4.39 Å². The van der Waals surface area contributed by atoms with Crippen molar-refractivity contribution in [1.82, 2.24) is 15.6 Å². The summed E-state index contributed by atoms with van der Waals surface area (Å²) in [5.41, 5.74) is 1.05. The smallest absolute Gasteiger partial charge is 0.267 e. The number of hydrogen-bond donors (Lipinski definition) is 3. The van der Waals surface area contributed by atoms with Crippen molar-refractivity contribution in [3.63, 3.8) is 0 Å². The lowest BCUT2D eigenvalue weighted by molar-refractivity contribution is 0.0936. The summed E-state index contributed by atoms with van der Waals surface area (Å²) >= 11 is 0. The molecule has 0 unspecified atom stereocenters. The molecule has 0 aliphatic carbocycles. The summed E-state index contributed by atoms with van der Waals surface area (Å²) in [5, 5.41) is 6.55. The Balaban J connectivity index is 1.85. The molecule has 0 saturated carbocycles. The lowest BCUT2D eigenvalue weighted by Gasteiger charge is -2.09. The summed E-state index contributed by atoms with van der Waals surface area (Å²) in [6.45, 7) is 1.71. The van der Waals surface area contributed by atoms with E-state index in [0.717, 1.165) is 19.5 Å². The Kier molecular flexibility index (Phi) is 2.76. The molecule has 0 bridgehead atoms. The minimum atomic E-state index is -0.315. The van der Waals surface area contributed by atoms with E-state index in [-0.39, 0.29) is 17.8 Å². The number of amides is 1. The summed E-state index contributed by atoms with van der Waals surface area (Å²) in [6, 6.07) is 6.48. The third-order valence-corrected chi connectivity index (χ3v) is 3.25. The highest BCUT2D eigenvalue weighted by atomic mass is 19.1. The highest BCUT2D eigenvalue weighted by molar-refractivity contribution is 5.98. The fourth-order valence-electron chi connectivity index (χ4n) is 2.28. The second kappa shape index (κ2) is 4.42. The van der Waals surface area contributed by atoms with E-state index < -0.39 is 0 Å². The van der Waals surface area contributed by atoms with E-state index in [1.54, 1.807) is 18.2 Å². The van der Waals surface area contributed by atoms with Gasteiger partial charge in [-0.1, -0.05) is 6.07 Å². The quantitative estimate of drug-likeness (QED) is 0.751. The molecule has 1 saturated heterocycles. The molecular formula is C13H14FN3O. The maximum absolute atomic E-state index is 13.5. The number of carbonyl (C=O) groups is 1. The molecule has 3 N–H and O–H groups in total. The first-order chi connectivity index (χ1) is 8.74. The second-order valence-corrected chi connectivity index (χ2v) is 4.55. The number of fused-ring (bicyclic) bond motifs is 1. The van der Waals surface area contributed by atoms with Gasteiger partial charge in [0.1, 0.15) is 11.5 Å². The minimum absolute atomic E-state index is 0.161. The van der Waals surface area contributed by atoms with E-state index in [2.05, 4.69) is 15.6 Å². The van der Waals surface area contributed by atoms with Crippen LogP contribution in [0.2, 0.25) is 0 Å². The standard InChI is InChI=1S/C13H14FN3O/c14-10-2-1-3-11-9(10)6-12(17-11)13(18)16-8-4-5-15-7-8/h1-3,6,8,15,17H,4-5,7H2,(H,16,18)/t8-/m0/s1. The molecule has 2 aromatic rings. The predicted octanol–water partition coefficient (Wildman–Crippen LogP) is 1.40. The molecule has 2 heterocycles. The van der Waals surface area contributed by atoms with Gasteiger partial charge >= 0.3 is 0 Å². The molecule has 1 amide bonds. The van der Waals surface area contributed by atoms with E-state index >= 15 is 0 Å². The minimum Gasteiger partial charge on any atom is -0.350 e. The van der Waals surface area contributed by atoms with Crippen LogP contribution in [0.3, 0.4) is 0 Å². The topological polar surface area (TPSA) is 56.9 Å². The van der Waals surface area contributed by atoms with Crippen LogP contribution in [-0.2, 0) is 0 Å². The van der Waals surface area contributed by atoms with Crippen molar-refractivity contribution in [1.29, 1.82) is 0 Å². The van der Waals surface area contributed by atoms with Gasteiger partial charge in [-0.3, -0.25) is 4.79 Å². The van der Waals surface area contributed by atoms with Gasteiger partial charge in [0.15, 0.2) is 0 Å². The maximum Gasteiger partial charge on any atom is 0.267 e. The van der Waals surface area contributed by atoms with Crippen molar-refractivity contribution in [2.75, 3.05) is 13.1 Å². The fourth-order valence-corrected chi connectivity index (χ4v) is 2.28. The van der Waals surface area contributed by atoms with E-state index in [1.165, 1.54) is 6.07 Å². The summed E-state index contributed by atoms with van der Waals surface area (Å²) in [7, 11) is 0. The molecule has 1 aromatic heterocycles. The first kappa shape index (κ1) is 11.2. The number of benzene rings is 1. The molecule has 1 aliphatic heterocycles. The molecule has 5 heteroatoms. The zero-order chi connectivity index (χ0) is 12.5. The highest BCUT2D eigenvalue weighted by Crippen LogP contribution is 2.18. The van der Waals surface area contributed by atoms with Crippen LogP contribution >= 0.6 is 0 Å². The highest BCUT2D eigenvalue weighted by Gasteiger charge is 2.19. The number of nitrogens with one attached hydrogen (secondary N) is 3. The molecule has 0 radical (unpaired) electrons. The Morgan fingerprint density at radius 1 is 1.44 bits per heavy atom. The number of rotatable bonds is 2. The first-order valence-electron chi connectivity index (χ1n) is 6.03. The van der Waals surface area contributed by atoms with Crippen molar-refractivity contribution in [3.8, 4) is 0 Å². The average molecular weight is 247 g/mol. The lowest BCUT2D eigenvalue weighted by Crippen LogP contribution is -2.36. The summed E-state index contributed by atoms with van der Waals surface area (Å²) < 4.78 is 13.5. The van der Waals surface area contributed by atoms with E-state index in [0.29, 0.717) is 16.6 Å². The predicted molar refractivity (Wildman–Crippen MR) is 67.0 cm³/mol. The zero-order valence-corrected chi connectivity index (χ0v) is 9.79. The average Bonchev–Trinajstić information content (AvgIpc) is 2.97. The van der Waals surface area contributed by atoms with Crippen LogP contribution in [0.1, 0.15) is 16.9 Å². The number of aromatic amines is 1. The van der Waals surface area contributed by atoms with Gasteiger partial charge in [0.2, 0.25) is 0 Å². The Morgan fingerprint density at radius 3 is 3.06 bits per heavy atom. The Morgan fingerprint density at radius 2 is 2.33 bits per heavy atom. The van der Waals surface area contributed by atoms with Crippen LogP contribution in [0, 0.1) is 5.82 Å². The molecular weight excluding hydrogens is 233 g/mol. The van der Waals surface area contributed by atoms with Crippen LogP contribution in [-0.4, -0.2) is 30.0 Å². The number of aromatic nitrogens is 1. The van der Waals surface area contributed by atoms with Crippen LogP contribution in [0.15, 0.2) is 24.3 Å². The largest absolute Gasteiger partial charge is 0.350 e. The molecule has 1 fully saturated rings. The van der Waals surface area contributed by atoms with Crippen LogP contribution in [0.25, 0.3) is 10.9 Å². The lowest BCUT2D eigenvalue weighted by atomic mass is 10.2. The molecule has 1 atom stereocenters. The van der Waals surface area contributed by atoms with Crippen molar-refractivity contribution >= 4 is 16.8 Å². The van der Waals surface area contributed by atoms with Gasteiger partial charge < -0.3 is 15.6 Å². The van der Waals surface area contributed by atoms with Crippen LogP contribution in [0.5, 0.6) is 0 Å². The van der Waals surface area contributed by atoms with E-state index in [9.17, 15) is 9.18 Å². The summed E-state index contributed by atoms with van der Waals surface area (Å²) in [6.07, 6.45) is 0.931. The monoisotopic (exact) mass is 247 g/mol. The van der Waals surface area contributed by atoms with Crippen molar-refractivity contribution < 1.29 is 9.18 Å². The van der Waals surface area contributed by atoms with Crippen molar-refractivity contribution in [3.05, 3.63) is 35.8 Å². The van der Waals surface area contributed by atoms with Crippen LogP contribution in [0.4, 0.5) is 4.39 Å². The summed E-state index contributed by atoms with van der Waals surface area (Å²) in [5.74, 6) is -0.496. The molecule has 1 aliphatic rings. The molecule has 4 nitrogen and oxygen atoms in total. The molecule has 3 rings (SSSR count). The number of H-pyrrole nitrogens is 1. The SMILES string of the molecule is O=C(N[C@H]1CCNC1)c1cc2c(F)cccc2[nH]1. The molecule has 94 valence electrons. The van der Waals surface area contributed by atoms with Gasteiger partial charge in [0.25, 0.3) is 5.91 Å². The summed E-state index contributed by atoms with van der Waals surface area (Å²) in [4.78, 5) is 14.9. The molecule has 1 aromatic carbocycles. The van der Waals surface area contributed by atoms with Crippen LogP contribution < -0.4 is 10.6 Å². The van der Waals surface area contributed by atoms with Gasteiger partial charge in [-0.05, 0) is 31.2 Å². The van der Waals surface area contributed by atoms with Gasteiger partial charge in [-0.2, -0.15) is 0 Å².